The molecule has 1 saturated carbocycles. The normalized spacial score (nSPS) is 26.3. The van der Waals surface area contributed by atoms with E-state index in [0.29, 0.717) is 40.3 Å². The monoisotopic (exact) mass is 610 g/mol. The summed E-state index contributed by atoms with van der Waals surface area (Å²) in [6.45, 7) is 6.66. The zero-order chi connectivity index (χ0) is 32.3. The van der Waals surface area contributed by atoms with Gasteiger partial charge in [0.1, 0.15) is 28.8 Å². The zero-order valence-corrected chi connectivity index (χ0v) is 27.7. The van der Waals surface area contributed by atoms with E-state index in [1.165, 1.54) is 7.11 Å². The van der Waals surface area contributed by atoms with E-state index in [-0.39, 0.29) is 41.1 Å². The SMILES string of the molecule is CC[C@H]1[C@@H](C)[C@@H](c2cc(OC)c(OC)cc2OC)[C@H](C)[C@@H](c2c(OC)cc(OC)cc2OC)[C@@]12C=C(OC)C(=O)C=C2OC. The molecule has 1 fully saturated rings. The number of allylic oxidation sites excluding steroid dienone is 2. The number of benzene rings is 2. The van der Waals surface area contributed by atoms with E-state index in [0.717, 1.165) is 17.5 Å². The van der Waals surface area contributed by atoms with Crippen LogP contribution in [0.4, 0.5) is 0 Å². The average Bonchev–Trinajstić information content (AvgIpc) is 3.04. The van der Waals surface area contributed by atoms with E-state index in [9.17, 15) is 4.79 Å². The largest absolute Gasteiger partial charge is 0.500 e. The lowest BCUT2D eigenvalue weighted by molar-refractivity contribution is -0.115. The summed E-state index contributed by atoms with van der Waals surface area (Å²) in [6.07, 6.45) is 4.33. The van der Waals surface area contributed by atoms with Crippen LogP contribution in [0.25, 0.3) is 0 Å². The van der Waals surface area contributed by atoms with Crippen LogP contribution in [0.5, 0.6) is 34.5 Å². The van der Waals surface area contributed by atoms with Gasteiger partial charge in [0.25, 0.3) is 0 Å². The highest BCUT2D eigenvalue weighted by Gasteiger charge is 2.61. The maximum absolute atomic E-state index is 13.2. The summed E-state index contributed by atoms with van der Waals surface area (Å²) < 4.78 is 46.9. The minimum atomic E-state index is -0.795. The first-order valence-electron chi connectivity index (χ1n) is 14.8. The van der Waals surface area contributed by atoms with Crippen LogP contribution in [-0.2, 0) is 14.3 Å². The van der Waals surface area contributed by atoms with Crippen LogP contribution in [-0.4, -0.2) is 62.7 Å². The molecule has 0 amide bonds. The lowest BCUT2D eigenvalue weighted by Crippen LogP contribution is -2.52. The second-order valence-corrected chi connectivity index (χ2v) is 11.4. The number of ether oxygens (including phenoxy) is 8. The Hall–Kier alpha value is -4.01. The maximum atomic E-state index is 13.2. The summed E-state index contributed by atoms with van der Waals surface area (Å²) >= 11 is 0. The summed E-state index contributed by atoms with van der Waals surface area (Å²) in [5.41, 5.74) is 1.06. The molecule has 9 heteroatoms. The van der Waals surface area contributed by atoms with Crippen LogP contribution in [0, 0.1) is 23.2 Å². The maximum Gasteiger partial charge on any atom is 0.223 e. The van der Waals surface area contributed by atoms with E-state index >= 15 is 0 Å². The molecule has 0 saturated heterocycles. The fraction of sp³-hybridized carbons (Fsp3) is 0.514. The van der Waals surface area contributed by atoms with E-state index in [1.54, 1.807) is 55.8 Å². The number of methoxy groups -OCH3 is 8. The van der Waals surface area contributed by atoms with Gasteiger partial charge in [0.05, 0.1) is 62.3 Å². The highest BCUT2D eigenvalue weighted by molar-refractivity contribution is 6.04. The van der Waals surface area contributed by atoms with Crippen molar-refractivity contribution in [3.8, 4) is 34.5 Å². The molecule has 9 nitrogen and oxygen atoms in total. The summed E-state index contributed by atoms with van der Waals surface area (Å²) in [4.78, 5) is 13.2. The van der Waals surface area contributed by atoms with E-state index in [2.05, 4.69) is 20.8 Å². The second-order valence-electron chi connectivity index (χ2n) is 11.4. The Kier molecular flexibility index (Phi) is 9.96. The van der Waals surface area contributed by atoms with Gasteiger partial charge in [-0.15, -0.1) is 0 Å². The molecule has 0 aliphatic heterocycles. The molecule has 2 aromatic rings. The molecule has 0 aromatic heterocycles. The smallest absolute Gasteiger partial charge is 0.223 e. The third kappa shape index (κ3) is 5.10. The molecule has 0 heterocycles. The van der Waals surface area contributed by atoms with Crippen molar-refractivity contribution >= 4 is 5.78 Å². The predicted octanol–water partition coefficient (Wildman–Crippen LogP) is 6.55. The molecule has 0 bridgehead atoms. The molecule has 4 rings (SSSR count). The van der Waals surface area contributed by atoms with Gasteiger partial charge in [-0.3, -0.25) is 4.79 Å². The molecule has 0 radical (unpaired) electrons. The molecular formula is C35H46O9. The number of rotatable bonds is 11. The van der Waals surface area contributed by atoms with Crippen LogP contribution < -0.4 is 28.4 Å². The van der Waals surface area contributed by atoms with Crippen LogP contribution in [0.2, 0.25) is 0 Å². The van der Waals surface area contributed by atoms with E-state index in [1.807, 2.05) is 30.3 Å². The molecule has 2 aromatic carbocycles. The van der Waals surface area contributed by atoms with Crippen molar-refractivity contribution in [2.45, 2.75) is 39.0 Å². The van der Waals surface area contributed by atoms with Gasteiger partial charge in [-0.2, -0.15) is 0 Å². The minimum absolute atomic E-state index is 0.0209. The van der Waals surface area contributed by atoms with Crippen molar-refractivity contribution in [3.05, 3.63) is 59.1 Å². The molecule has 1 spiro atoms. The summed E-state index contributed by atoms with van der Waals surface area (Å²) in [7, 11) is 13.0. The second kappa shape index (κ2) is 13.3. The van der Waals surface area contributed by atoms with Crippen LogP contribution in [0.15, 0.2) is 47.9 Å². The van der Waals surface area contributed by atoms with Crippen LogP contribution in [0.3, 0.4) is 0 Å². The zero-order valence-electron chi connectivity index (χ0n) is 27.7. The number of ketones is 1. The van der Waals surface area contributed by atoms with Gasteiger partial charge in [-0.1, -0.05) is 27.2 Å². The Bertz CT molecular complexity index is 1400. The van der Waals surface area contributed by atoms with Gasteiger partial charge in [-0.05, 0) is 35.8 Å². The first-order chi connectivity index (χ1) is 21.1. The molecule has 2 aliphatic carbocycles. The first-order valence-corrected chi connectivity index (χ1v) is 14.8. The molecule has 2 aliphatic rings. The van der Waals surface area contributed by atoms with Crippen molar-refractivity contribution in [2.75, 3.05) is 56.9 Å². The lowest BCUT2D eigenvalue weighted by atomic mass is 9.46. The van der Waals surface area contributed by atoms with Crippen molar-refractivity contribution < 1.29 is 42.7 Å². The quantitative estimate of drug-likeness (QED) is 0.281. The number of carbonyl (C=O) groups excluding carboxylic acids is 1. The fourth-order valence-corrected chi connectivity index (χ4v) is 8.07. The molecule has 0 unspecified atom stereocenters. The Balaban J connectivity index is 2.15. The Labute approximate surface area is 261 Å². The third-order valence-electron chi connectivity index (χ3n) is 9.76. The van der Waals surface area contributed by atoms with Gasteiger partial charge in [0.2, 0.25) is 5.78 Å². The van der Waals surface area contributed by atoms with Gasteiger partial charge in [0.15, 0.2) is 17.3 Å². The summed E-state index contributed by atoms with van der Waals surface area (Å²) in [5.74, 6) is 3.99. The van der Waals surface area contributed by atoms with Crippen LogP contribution in [0.1, 0.15) is 50.2 Å². The average molecular weight is 611 g/mol. The topological polar surface area (TPSA) is 90.9 Å². The van der Waals surface area contributed by atoms with Gasteiger partial charge in [-0.25, -0.2) is 0 Å². The first kappa shape index (κ1) is 32.9. The van der Waals surface area contributed by atoms with Gasteiger partial charge < -0.3 is 37.9 Å². The van der Waals surface area contributed by atoms with E-state index in [4.69, 9.17) is 37.9 Å². The predicted molar refractivity (Wildman–Crippen MR) is 167 cm³/mol. The highest BCUT2D eigenvalue weighted by Crippen LogP contribution is 2.68. The van der Waals surface area contributed by atoms with Crippen molar-refractivity contribution in [1.82, 2.24) is 0 Å². The fourth-order valence-electron chi connectivity index (χ4n) is 8.07. The Morgan fingerprint density at radius 2 is 1.23 bits per heavy atom. The summed E-state index contributed by atoms with van der Waals surface area (Å²) in [5, 5.41) is 0. The van der Waals surface area contributed by atoms with Gasteiger partial charge in [0, 0.05) is 41.3 Å². The minimum Gasteiger partial charge on any atom is -0.500 e. The number of carbonyl (C=O) groups is 1. The Morgan fingerprint density at radius 3 is 1.70 bits per heavy atom. The standard InChI is InChI=1S/C35H46O9/c1-12-23-19(2)32(22-15-26(39-6)27(40-7)17-25(22)38-5)20(3)34(33-28(41-8)13-21(37-4)14-29(33)42-9)35(23)18-30(43-10)24(36)16-31(35)44-11/h13-20,23,32,34H,12H2,1-11H3/t19-,20+,23+,32-,34+,35+/m1/s1. The van der Waals surface area contributed by atoms with Crippen LogP contribution >= 0.6 is 0 Å². The highest BCUT2D eigenvalue weighted by atomic mass is 16.5. The molecule has 44 heavy (non-hydrogen) atoms. The van der Waals surface area contributed by atoms with Crippen molar-refractivity contribution in [3.63, 3.8) is 0 Å². The molecule has 6 atom stereocenters. The Morgan fingerprint density at radius 1 is 0.659 bits per heavy atom. The van der Waals surface area contributed by atoms with Crippen molar-refractivity contribution in [1.29, 1.82) is 0 Å². The van der Waals surface area contributed by atoms with Crippen molar-refractivity contribution in [2.24, 2.45) is 23.2 Å². The number of hydrogen-bond donors (Lipinski definition) is 0. The van der Waals surface area contributed by atoms with Gasteiger partial charge >= 0.3 is 0 Å². The van der Waals surface area contributed by atoms with E-state index < -0.39 is 5.41 Å². The summed E-state index contributed by atoms with van der Waals surface area (Å²) in [6, 6.07) is 7.64. The third-order valence-corrected chi connectivity index (χ3v) is 9.76. The molecule has 240 valence electrons. The number of hydrogen-bond acceptors (Lipinski definition) is 9. The molecular weight excluding hydrogens is 564 g/mol. The molecule has 0 N–H and O–H groups in total. The lowest BCUT2D eigenvalue weighted by Gasteiger charge is -2.58.